The minimum absolute atomic E-state index is 0.350. The van der Waals surface area contributed by atoms with E-state index in [1.165, 1.54) is 66.4 Å². The van der Waals surface area contributed by atoms with Gasteiger partial charge in [-0.05, 0) is 129 Å². The molecule has 392 valence electrons. The Morgan fingerprint density at radius 3 is 1.28 bits per heavy atom. The van der Waals surface area contributed by atoms with Crippen molar-refractivity contribution in [3.8, 4) is 44.5 Å². The van der Waals surface area contributed by atoms with Gasteiger partial charge in [-0.15, -0.1) is 0 Å². The first-order valence-corrected chi connectivity index (χ1v) is 28.7. The van der Waals surface area contributed by atoms with E-state index in [0.29, 0.717) is 0 Å². The zero-order valence-electron chi connectivity index (χ0n) is 46.8. The zero-order valence-corrected chi connectivity index (χ0v) is 46.8. The molecule has 4 heteroatoms. The molecular weight excluding hydrogens is 997 g/mol. The maximum atomic E-state index is 7.14. The van der Waals surface area contributed by atoms with Crippen LogP contribution in [0.2, 0.25) is 0 Å². The number of nitrogens with zero attached hydrogens (tertiary/aromatic N) is 2. The summed E-state index contributed by atoms with van der Waals surface area (Å²) in [6.07, 6.45) is 0. The Balaban J connectivity index is 0.848. The Bertz CT molecular complexity index is 4930. The van der Waals surface area contributed by atoms with Gasteiger partial charge in [-0.1, -0.05) is 227 Å². The van der Waals surface area contributed by atoms with Crippen molar-refractivity contribution < 1.29 is 8.83 Å². The van der Waals surface area contributed by atoms with E-state index < -0.39 is 0 Å². The summed E-state index contributed by atoms with van der Waals surface area (Å²) in [6, 6.07) is 88.9. The second-order valence-corrected chi connectivity index (χ2v) is 23.7. The quantitative estimate of drug-likeness (QED) is 0.152. The smallest absolute Gasteiger partial charge is 0.159 e. The lowest BCUT2D eigenvalue weighted by Gasteiger charge is -2.40. The van der Waals surface area contributed by atoms with Crippen LogP contribution in [-0.2, 0) is 10.8 Å². The van der Waals surface area contributed by atoms with Gasteiger partial charge in [-0.2, -0.15) is 0 Å². The van der Waals surface area contributed by atoms with E-state index in [0.717, 1.165) is 100 Å². The highest BCUT2D eigenvalue weighted by atomic mass is 16.3. The van der Waals surface area contributed by atoms with Gasteiger partial charge in [-0.25, -0.2) is 0 Å². The monoisotopic (exact) mass is 1050 g/mol. The van der Waals surface area contributed by atoms with E-state index in [4.69, 9.17) is 8.83 Å². The van der Waals surface area contributed by atoms with E-state index in [2.05, 4.69) is 294 Å². The van der Waals surface area contributed by atoms with Crippen LogP contribution in [-0.4, -0.2) is 0 Å². The fourth-order valence-corrected chi connectivity index (χ4v) is 14.2. The van der Waals surface area contributed by atoms with Gasteiger partial charge in [0.15, 0.2) is 11.2 Å². The molecule has 0 amide bonds. The average Bonchev–Trinajstić information content (AvgIpc) is 3.51. The molecule has 0 spiro atoms. The predicted molar refractivity (Wildman–Crippen MR) is 343 cm³/mol. The van der Waals surface area contributed by atoms with Crippen LogP contribution >= 0.6 is 0 Å². The summed E-state index contributed by atoms with van der Waals surface area (Å²) in [4.78, 5) is 4.82. The maximum Gasteiger partial charge on any atom is 0.159 e. The van der Waals surface area contributed by atoms with Crippen LogP contribution in [0, 0.1) is 13.8 Å². The van der Waals surface area contributed by atoms with Crippen LogP contribution in [0.4, 0.5) is 34.1 Å². The first-order valence-electron chi connectivity index (χ1n) is 28.7. The highest BCUT2D eigenvalue weighted by molar-refractivity contribution is 6.17. The van der Waals surface area contributed by atoms with Crippen LogP contribution in [0.25, 0.3) is 99.2 Å². The van der Waals surface area contributed by atoms with Gasteiger partial charge < -0.3 is 18.6 Å². The molecule has 0 saturated carbocycles. The number of benzene rings is 12. The lowest BCUT2D eigenvalue weighted by molar-refractivity contribution is 0.591. The molecule has 0 unspecified atom stereocenters. The van der Waals surface area contributed by atoms with Gasteiger partial charge in [0.25, 0.3) is 0 Å². The van der Waals surface area contributed by atoms with Crippen molar-refractivity contribution in [2.75, 3.05) is 9.80 Å². The Kier molecular flexibility index (Phi) is 10.4. The Labute approximate surface area is 477 Å². The summed E-state index contributed by atoms with van der Waals surface area (Å²) < 4.78 is 14.3. The fraction of sp³-hybridized carbons (Fsp3) is 0.103. The first kappa shape index (κ1) is 48.0. The fourth-order valence-electron chi connectivity index (χ4n) is 14.2. The average molecular weight is 1060 g/mol. The molecule has 0 fully saturated rings. The first-order chi connectivity index (χ1) is 40.0. The third kappa shape index (κ3) is 6.97. The summed E-state index contributed by atoms with van der Waals surface area (Å²) in [5, 5.41) is 6.89. The van der Waals surface area contributed by atoms with Crippen molar-refractivity contribution in [3.63, 3.8) is 0 Å². The van der Waals surface area contributed by atoms with Crippen LogP contribution in [0.3, 0.4) is 0 Å². The summed E-state index contributed by atoms with van der Waals surface area (Å²) in [6.45, 7) is 14.1. The highest BCUT2D eigenvalue weighted by Gasteiger charge is 2.45. The van der Waals surface area contributed by atoms with E-state index in [1.54, 1.807) is 0 Å². The van der Waals surface area contributed by atoms with Gasteiger partial charge in [0, 0.05) is 66.0 Å². The number of para-hydroxylation sites is 4. The minimum atomic E-state index is -0.362. The van der Waals surface area contributed by atoms with E-state index in [-0.39, 0.29) is 10.8 Å². The van der Waals surface area contributed by atoms with Crippen LogP contribution < -0.4 is 9.80 Å². The molecule has 2 aliphatic rings. The number of aryl methyl sites for hydroxylation is 2. The van der Waals surface area contributed by atoms with Crippen molar-refractivity contribution in [1.29, 1.82) is 0 Å². The van der Waals surface area contributed by atoms with Gasteiger partial charge in [0.05, 0.1) is 17.1 Å². The van der Waals surface area contributed by atoms with E-state index >= 15 is 0 Å². The molecule has 0 N–H and O–H groups in total. The van der Waals surface area contributed by atoms with E-state index in [1.807, 2.05) is 0 Å². The second kappa shape index (κ2) is 17.8. The largest absolute Gasteiger partial charge is 0.453 e. The lowest BCUT2D eigenvalue weighted by Crippen LogP contribution is -2.29. The van der Waals surface area contributed by atoms with Gasteiger partial charge in [-0.3, -0.25) is 0 Å². The third-order valence-corrected chi connectivity index (χ3v) is 18.1. The molecule has 2 heterocycles. The molecule has 0 atom stereocenters. The van der Waals surface area contributed by atoms with Crippen molar-refractivity contribution in [3.05, 3.63) is 276 Å². The summed E-state index contributed by atoms with van der Waals surface area (Å²) in [5.74, 6) is 0. The Morgan fingerprint density at radius 1 is 0.293 bits per heavy atom. The molecule has 4 nitrogen and oxygen atoms in total. The molecule has 2 aromatic heterocycles. The molecule has 82 heavy (non-hydrogen) atoms. The molecule has 12 aromatic carbocycles. The summed E-state index contributed by atoms with van der Waals surface area (Å²) >= 11 is 0. The topological polar surface area (TPSA) is 32.8 Å². The number of furan rings is 2. The van der Waals surface area contributed by atoms with Crippen molar-refractivity contribution in [2.45, 2.75) is 52.4 Å². The number of hydrogen-bond acceptors (Lipinski definition) is 4. The summed E-state index contributed by atoms with van der Waals surface area (Å²) in [5.41, 5.74) is 26.6. The number of rotatable bonds is 8. The molecule has 0 bridgehead atoms. The van der Waals surface area contributed by atoms with E-state index in [9.17, 15) is 0 Å². The van der Waals surface area contributed by atoms with Gasteiger partial charge in [0.1, 0.15) is 11.2 Å². The van der Waals surface area contributed by atoms with Crippen molar-refractivity contribution in [2.24, 2.45) is 0 Å². The molecule has 0 aliphatic heterocycles. The third-order valence-electron chi connectivity index (χ3n) is 18.1. The number of fused-ring (bicyclic) bond motifs is 12. The van der Waals surface area contributed by atoms with Crippen LogP contribution in [0.1, 0.15) is 61.1 Å². The molecule has 0 radical (unpaired) electrons. The van der Waals surface area contributed by atoms with Crippen molar-refractivity contribution >= 4 is 88.8 Å². The number of hydrogen-bond donors (Lipinski definition) is 0. The van der Waals surface area contributed by atoms with Crippen LogP contribution in [0.5, 0.6) is 0 Å². The maximum absolute atomic E-state index is 7.14. The molecule has 14 aromatic rings. The second-order valence-electron chi connectivity index (χ2n) is 23.7. The SMILES string of the molecule is Cc1ccc(N(c2ccc3c(c2)C(C)(C)c2c-3ccc3c2C(C)(C)c2cccc4c(N(c5ccc(C)cc5)c5cccc6c5oc5c(-c7ccccc7)cccc56)ccc-3c24)c2cccc3c2oc2c(-c4ccccc4)cccc23)cc1. The molecule has 16 rings (SSSR count). The molecular formula is C78H58N2O2. The van der Waals surface area contributed by atoms with Crippen molar-refractivity contribution in [1.82, 2.24) is 0 Å². The summed E-state index contributed by atoms with van der Waals surface area (Å²) in [7, 11) is 0. The molecule has 0 saturated heterocycles. The molecule has 2 aliphatic carbocycles. The zero-order chi connectivity index (χ0) is 55.2. The minimum Gasteiger partial charge on any atom is -0.453 e. The normalized spacial score (nSPS) is 13.7. The standard InChI is InChI=1S/C78H58N2O2/c1-47-32-36-51(37-33-47)79(68-30-16-26-62-60-24-13-22-54(73(60)81-75(62)68)49-18-9-7-10-19-49)53-40-41-56-58-42-43-59-57-44-45-67(64-28-15-29-65(70(57)64)77(3,4)72(59)71(58)78(5,6)66(56)46-53)80(52-38-34-48(2)35-39-52)69-31-17-27-63-61-25-14-23-55(74(61)82-76(63)69)50-20-11-8-12-21-50/h7-46H,1-6H3. The Hall–Kier alpha value is -9.90. The highest BCUT2D eigenvalue weighted by Crippen LogP contribution is 2.60. The van der Waals surface area contributed by atoms with Crippen LogP contribution in [0.15, 0.2) is 251 Å². The van der Waals surface area contributed by atoms with Gasteiger partial charge >= 0.3 is 0 Å². The number of anilines is 6. The Morgan fingerprint density at radius 2 is 0.720 bits per heavy atom. The van der Waals surface area contributed by atoms with Gasteiger partial charge in [0.2, 0.25) is 0 Å². The predicted octanol–water partition coefficient (Wildman–Crippen LogP) is 22.1. The lowest BCUT2D eigenvalue weighted by atomic mass is 9.63.